The molecule has 180 valence electrons. The highest BCUT2D eigenvalue weighted by molar-refractivity contribution is 5.97. The number of methoxy groups -OCH3 is 1. The van der Waals surface area contributed by atoms with Crippen molar-refractivity contribution in [3.05, 3.63) is 94.4 Å². The smallest absolute Gasteiger partial charge is 0.328 e. The molecule has 0 aliphatic rings. The predicted octanol–water partition coefficient (Wildman–Crippen LogP) is 3.97. The Balaban J connectivity index is 1.53. The molecule has 0 saturated heterocycles. The summed E-state index contributed by atoms with van der Waals surface area (Å²) in [7, 11) is 3.21. The number of imidazole rings is 1. The number of fused-ring (bicyclic) bond motifs is 1. The Morgan fingerprint density at radius 1 is 0.971 bits per heavy atom. The largest absolute Gasteiger partial charge is 0.495 e. The second kappa shape index (κ2) is 10.3. The lowest BCUT2D eigenvalue weighted by Crippen LogP contribution is -2.27. The standard InChI is InChI=1S/C27H27N3O5/c1-18-13-14-23(34-3)20(17-18)28-26(32)25(19-9-5-4-6-10-19)35-24(31)15-16-30-22-12-8-7-11-21(22)29(2)27(30)33/h4-14,17,25H,15-16H2,1-3H3,(H,28,32). The van der Waals surface area contributed by atoms with Gasteiger partial charge in [-0.1, -0.05) is 48.5 Å². The van der Waals surface area contributed by atoms with Crippen molar-refractivity contribution in [2.75, 3.05) is 12.4 Å². The fraction of sp³-hybridized carbons (Fsp3) is 0.222. The second-order valence-electron chi connectivity index (χ2n) is 8.21. The third-order valence-corrected chi connectivity index (χ3v) is 5.79. The van der Waals surface area contributed by atoms with Crippen LogP contribution < -0.4 is 15.7 Å². The van der Waals surface area contributed by atoms with Crippen LogP contribution in [0, 0.1) is 6.92 Å². The van der Waals surface area contributed by atoms with Crippen molar-refractivity contribution in [2.45, 2.75) is 26.0 Å². The highest BCUT2D eigenvalue weighted by Crippen LogP contribution is 2.28. The van der Waals surface area contributed by atoms with Gasteiger partial charge in [0, 0.05) is 19.2 Å². The first-order valence-corrected chi connectivity index (χ1v) is 11.2. The molecule has 0 aliphatic carbocycles. The molecule has 8 nitrogen and oxygen atoms in total. The van der Waals surface area contributed by atoms with Crippen LogP contribution in [0.2, 0.25) is 0 Å². The summed E-state index contributed by atoms with van der Waals surface area (Å²) >= 11 is 0. The van der Waals surface area contributed by atoms with Gasteiger partial charge in [0.1, 0.15) is 5.75 Å². The van der Waals surface area contributed by atoms with E-state index in [1.54, 1.807) is 43.4 Å². The summed E-state index contributed by atoms with van der Waals surface area (Å²) in [4.78, 5) is 38.7. The Labute approximate surface area is 202 Å². The number of carbonyl (C=O) groups excluding carboxylic acids is 2. The van der Waals surface area contributed by atoms with Crippen LogP contribution in [0.3, 0.4) is 0 Å². The lowest BCUT2D eigenvalue weighted by molar-refractivity contribution is -0.155. The molecule has 3 aromatic carbocycles. The number of hydrogen-bond donors (Lipinski definition) is 1. The van der Waals surface area contributed by atoms with Gasteiger partial charge in [0.15, 0.2) is 0 Å². The fourth-order valence-corrected chi connectivity index (χ4v) is 3.99. The first kappa shape index (κ1) is 23.8. The molecule has 0 bridgehead atoms. The quantitative estimate of drug-likeness (QED) is 0.391. The minimum Gasteiger partial charge on any atom is -0.495 e. The molecule has 1 aromatic heterocycles. The Bertz CT molecular complexity index is 1420. The fourth-order valence-electron chi connectivity index (χ4n) is 3.99. The van der Waals surface area contributed by atoms with Crippen LogP contribution in [0.15, 0.2) is 77.6 Å². The van der Waals surface area contributed by atoms with E-state index in [1.807, 2.05) is 43.3 Å². The van der Waals surface area contributed by atoms with Crippen LogP contribution in [0.4, 0.5) is 5.69 Å². The molecule has 35 heavy (non-hydrogen) atoms. The minimum atomic E-state index is -1.17. The maximum atomic E-state index is 13.2. The topological polar surface area (TPSA) is 91.6 Å². The summed E-state index contributed by atoms with van der Waals surface area (Å²) in [5.41, 5.74) is 3.25. The Morgan fingerprint density at radius 3 is 2.37 bits per heavy atom. The normalized spacial score (nSPS) is 11.7. The SMILES string of the molecule is COc1ccc(C)cc1NC(=O)C(OC(=O)CCn1c(=O)n(C)c2ccccc21)c1ccccc1. The Morgan fingerprint density at radius 2 is 1.66 bits per heavy atom. The average molecular weight is 474 g/mol. The zero-order valence-corrected chi connectivity index (χ0v) is 19.9. The number of carbonyl (C=O) groups is 2. The van der Waals surface area contributed by atoms with Crippen LogP contribution in [0.1, 0.15) is 23.7 Å². The number of amides is 1. The first-order chi connectivity index (χ1) is 16.9. The summed E-state index contributed by atoms with van der Waals surface area (Å²) < 4.78 is 14.1. The molecule has 0 aliphatic heterocycles. The summed E-state index contributed by atoms with van der Waals surface area (Å²) in [6.45, 7) is 2.03. The number of esters is 1. The van der Waals surface area contributed by atoms with Crippen molar-refractivity contribution in [3.8, 4) is 5.75 Å². The van der Waals surface area contributed by atoms with Gasteiger partial charge in [0.25, 0.3) is 5.91 Å². The van der Waals surface area contributed by atoms with Crippen molar-refractivity contribution < 1.29 is 19.1 Å². The van der Waals surface area contributed by atoms with E-state index in [9.17, 15) is 14.4 Å². The highest BCUT2D eigenvalue weighted by atomic mass is 16.5. The number of ether oxygens (including phenoxy) is 2. The van der Waals surface area contributed by atoms with E-state index in [0.29, 0.717) is 17.0 Å². The third kappa shape index (κ3) is 5.11. The predicted molar refractivity (Wildman–Crippen MR) is 133 cm³/mol. The zero-order valence-electron chi connectivity index (χ0n) is 19.9. The maximum Gasteiger partial charge on any atom is 0.328 e. The van der Waals surface area contributed by atoms with Gasteiger partial charge in [-0.2, -0.15) is 0 Å². The van der Waals surface area contributed by atoms with Crippen molar-refractivity contribution in [3.63, 3.8) is 0 Å². The van der Waals surface area contributed by atoms with Crippen LogP contribution in [-0.2, 0) is 27.9 Å². The zero-order chi connectivity index (χ0) is 24.9. The molecule has 0 spiro atoms. The van der Waals surface area contributed by atoms with Gasteiger partial charge in [-0.15, -0.1) is 0 Å². The van der Waals surface area contributed by atoms with E-state index in [4.69, 9.17) is 9.47 Å². The molecule has 8 heteroatoms. The molecule has 1 amide bonds. The lowest BCUT2D eigenvalue weighted by Gasteiger charge is -2.19. The maximum absolute atomic E-state index is 13.2. The van der Waals surface area contributed by atoms with Gasteiger partial charge < -0.3 is 14.8 Å². The number of nitrogens with zero attached hydrogens (tertiary/aromatic N) is 2. The number of nitrogens with one attached hydrogen (secondary N) is 1. The van der Waals surface area contributed by atoms with E-state index in [2.05, 4.69) is 5.32 Å². The molecule has 1 heterocycles. The summed E-state index contributed by atoms with van der Waals surface area (Å²) in [6.07, 6.45) is -1.24. The number of para-hydroxylation sites is 2. The van der Waals surface area contributed by atoms with Gasteiger partial charge >= 0.3 is 11.7 Å². The third-order valence-electron chi connectivity index (χ3n) is 5.79. The van der Waals surface area contributed by atoms with Crippen molar-refractivity contribution in [2.24, 2.45) is 7.05 Å². The number of aryl methyl sites for hydroxylation is 3. The summed E-state index contributed by atoms with van der Waals surface area (Å²) in [6, 6.07) is 21.6. The minimum absolute atomic E-state index is 0.0711. The highest BCUT2D eigenvalue weighted by Gasteiger charge is 2.26. The molecular formula is C27H27N3O5. The van der Waals surface area contributed by atoms with Gasteiger partial charge in [-0.05, 0) is 36.8 Å². The first-order valence-electron chi connectivity index (χ1n) is 11.2. The molecule has 0 saturated carbocycles. The van der Waals surface area contributed by atoms with Crippen LogP contribution in [-0.4, -0.2) is 28.1 Å². The molecule has 4 rings (SSSR count). The molecule has 0 radical (unpaired) electrons. The van der Waals surface area contributed by atoms with E-state index < -0.39 is 18.0 Å². The van der Waals surface area contributed by atoms with E-state index >= 15 is 0 Å². The van der Waals surface area contributed by atoms with E-state index in [-0.39, 0.29) is 18.7 Å². The summed E-state index contributed by atoms with van der Waals surface area (Å²) in [5, 5.41) is 2.82. The Kier molecular flexibility index (Phi) is 7.01. The van der Waals surface area contributed by atoms with Crippen molar-refractivity contribution >= 4 is 28.6 Å². The van der Waals surface area contributed by atoms with Crippen LogP contribution >= 0.6 is 0 Å². The number of aromatic nitrogens is 2. The van der Waals surface area contributed by atoms with Crippen LogP contribution in [0.5, 0.6) is 5.75 Å². The number of hydrogen-bond acceptors (Lipinski definition) is 5. The second-order valence-corrected chi connectivity index (χ2v) is 8.21. The molecule has 0 fully saturated rings. The number of rotatable bonds is 8. The van der Waals surface area contributed by atoms with Crippen LogP contribution in [0.25, 0.3) is 11.0 Å². The Hall–Kier alpha value is -4.33. The average Bonchev–Trinajstić information content (AvgIpc) is 3.11. The molecule has 1 atom stereocenters. The monoisotopic (exact) mass is 473 g/mol. The molecule has 1 N–H and O–H groups in total. The number of benzene rings is 3. The molecule has 1 unspecified atom stereocenters. The van der Waals surface area contributed by atoms with E-state index in [0.717, 1.165) is 16.6 Å². The number of anilines is 1. The molecule has 4 aromatic rings. The van der Waals surface area contributed by atoms with Gasteiger partial charge in [-0.3, -0.25) is 18.7 Å². The van der Waals surface area contributed by atoms with Gasteiger partial charge in [0.05, 0.1) is 30.3 Å². The van der Waals surface area contributed by atoms with E-state index in [1.165, 1.54) is 16.2 Å². The van der Waals surface area contributed by atoms with Gasteiger partial charge in [-0.25, -0.2) is 4.79 Å². The lowest BCUT2D eigenvalue weighted by atomic mass is 10.1. The van der Waals surface area contributed by atoms with Crippen molar-refractivity contribution in [1.29, 1.82) is 0 Å². The summed E-state index contributed by atoms with van der Waals surface area (Å²) in [5.74, 6) is -0.599. The molecular weight excluding hydrogens is 446 g/mol. The van der Waals surface area contributed by atoms with Crippen molar-refractivity contribution in [1.82, 2.24) is 9.13 Å². The van der Waals surface area contributed by atoms with Gasteiger partial charge in [0.2, 0.25) is 6.10 Å².